The van der Waals surface area contributed by atoms with Crippen LogP contribution in [0.4, 0.5) is 0 Å². The van der Waals surface area contributed by atoms with Crippen molar-refractivity contribution in [1.82, 2.24) is 0 Å². The fourth-order valence-corrected chi connectivity index (χ4v) is 0.253. The molecule has 0 amide bonds. The van der Waals surface area contributed by atoms with Gasteiger partial charge < -0.3 is 15.3 Å². The van der Waals surface area contributed by atoms with Gasteiger partial charge in [-0.15, -0.1) is 0 Å². The Bertz CT molecular complexity index is 134. The van der Waals surface area contributed by atoms with E-state index in [1.807, 2.05) is 0 Å². The first-order valence-electron chi connectivity index (χ1n) is 2.16. The molecule has 0 saturated carbocycles. The molecule has 0 aromatic carbocycles. The van der Waals surface area contributed by atoms with Crippen molar-refractivity contribution in [3.63, 3.8) is 0 Å². The first-order valence-corrected chi connectivity index (χ1v) is 2.16. The molecule has 0 heterocycles. The second-order valence-corrected chi connectivity index (χ2v) is 1.45. The predicted molar refractivity (Wildman–Crippen MR) is 31.6 cm³/mol. The van der Waals surface area contributed by atoms with Crippen LogP contribution in [0.2, 0.25) is 0 Å². The number of carbonyl (C=O) groups is 2. The van der Waals surface area contributed by atoms with Crippen LogP contribution in [0.3, 0.4) is 0 Å². The Morgan fingerprint density at radius 3 is 1.80 bits per heavy atom. The van der Waals surface area contributed by atoms with Crippen LogP contribution >= 0.6 is 0 Å². The van der Waals surface area contributed by atoms with Crippen LogP contribution in [0.1, 0.15) is 6.42 Å². The van der Waals surface area contributed by atoms with Gasteiger partial charge in [-0.25, -0.2) is 4.79 Å². The predicted octanol–water partition coefficient (Wildman–Crippen LogP) is -1.47. The van der Waals surface area contributed by atoms with Crippen molar-refractivity contribution in [2.75, 3.05) is 0 Å². The molecule has 0 rings (SSSR count). The smallest absolute Gasteiger partial charge is 0.333 e. The van der Waals surface area contributed by atoms with Gasteiger partial charge in [0, 0.05) is 29.6 Å². The summed E-state index contributed by atoms with van der Waals surface area (Å²) in [6.45, 7) is 0. The fourth-order valence-electron chi connectivity index (χ4n) is 0.253. The molecular weight excluding hydrogens is 151 g/mol. The first-order chi connectivity index (χ1) is 4.04. The Morgan fingerprint density at radius 2 is 1.70 bits per heavy atom. The molecule has 1 atom stereocenters. The van der Waals surface area contributed by atoms with Gasteiger partial charge in [0.1, 0.15) is 0 Å². The van der Waals surface area contributed by atoms with E-state index in [0.29, 0.717) is 0 Å². The SMILES string of the molecule is O=C(O)CC(O)C(=O)O.[Na]. The minimum Gasteiger partial charge on any atom is -0.481 e. The molecule has 3 N–H and O–H groups in total. The third-order valence-corrected chi connectivity index (χ3v) is 0.653. The summed E-state index contributed by atoms with van der Waals surface area (Å²) in [5.41, 5.74) is 0. The van der Waals surface area contributed by atoms with E-state index in [9.17, 15) is 9.59 Å². The minimum absolute atomic E-state index is 0. The van der Waals surface area contributed by atoms with Crippen LogP contribution in [0.5, 0.6) is 0 Å². The number of aliphatic hydroxyl groups excluding tert-OH is 1. The van der Waals surface area contributed by atoms with Crippen molar-refractivity contribution >= 4 is 41.5 Å². The van der Waals surface area contributed by atoms with Crippen LogP contribution in [-0.4, -0.2) is 62.9 Å². The summed E-state index contributed by atoms with van der Waals surface area (Å²) in [4.78, 5) is 19.4. The molecule has 1 unspecified atom stereocenters. The molecule has 0 spiro atoms. The van der Waals surface area contributed by atoms with Crippen molar-refractivity contribution in [1.29, 1.82) is 0 Å². The first kappa shape index (κ1) is 12.6. The van der Waals surface area contributed by atoms with Gasteiger partial charge in [-0.3, -0.25) is 4.79 Å². The molecule has 0 aromatic rings. The van der Waals surface area contributed by atoms with E-state index in [2.05, 4.69) is 0 Å². The van der Waals surface area contributed by atoms with E-state index < -0.39 is 24.5 Å². The molecule has 10 heavy (non-hydrogen) atoms. The maximum atomic E-state index is 9.72. The number of aliphatic hydroxyl groups is 1. The number of hydrogen-bond donors (Lipinski definition) is 3. The zero-order chi connectivity index (χ0) is 7.44. The van der Waals surface area contributed by atoms with Crippen LogP contribution in [0, 0.1) is 0 Å². The van der Waals surface area contributed by atoms with E-state index in [1.54, 1.807) is 0 Å². The Kier molecular flexibility index (Phi) is 7.12. The average molecular weight is 157 g/mol. The summed E-state index contributed by atoms with van der Waals surface area (Å²) < 4.78 is 0. The molecule has 0 aliphatic heterocycles. The second-order valence-electron chi connectivity index (χ2n) is 1.45. The van der Waals surface area contributed by atoms with Crippen molar-refractivity contribution in [3.8, 4) is 0 Å². The monoisotopic (exact) mass is 157 g/mol. The summed E-state index contributed by atoms with van der Waals surface area (Å²) in [6, 6.07) is 0. The summed E-state index contributed by atoms with van der Waals surface area (Å²) in [5.74, 6) is -2.85. The van der Waals surface area contributed by atoms with E-state index in [4.69, 9.17) is 15.3 Å². The van der Waals surface area contributed by atoms with Crippen LogP contribution < -0.4 is 0 Å². The molecule has 53 valence electrons. The Labute approximate surface area is 79.0 Å². The van der Waals surface area contributed by atoms with Gasteiger partial charge in [-0.2, -0.15) is 0 Å². The molecule has 0 bridgehead atoms. The Hall–Kier alpha value is -0.100. The minimum atomic E-state index is -1.79. The molecule has 6 heteroatoms. The maximum absolute atomic E-state index is 9.72. The fraction of sp³-hybridized carbons (Fsp3) is 0.500. The number of hydrogen-bond acceptors (Lipinski definition) is 3. The van der Waals surface area contributed by atoms with Crippen molar-refractivity contribution in [2.24, 2.45) is 0 Å². The Morgan fingerprint density at radius 1 is 1.30 bits per heavy atom. The van der Waals surface area contributed by atoms with Gasteiger partial charge in [0.25, 0.3) is 0 Å². The van der Waals surface area contributed by atoms with E-state index in [-0.39, 0.29) is 29.6 Å². The molecule has 0 aliphatic rings. The van der Waals surface area contributed by atoms with Gasteiger partial charge >= 0.3 is 11.9 Å². The van der Waals surface area contributed by atoms with Crippen molar-refractivity contribution < 1.29 is 24.9 Å². The molecule has 0 aromatic heterocycles. The number of aliphatic carboxylic acids is 2. The molecule has 5 nitrogen and oxygen atoms in total. The van der Waals surface area contributed by atoms with Crippen LogP contribution in [0.25, 0.3) is 0 Å². The van der Waals surface area contributed by atoms with E-state index >= 15 is 0 Å². The van der Waals surface area contributed by atoms with Gasteiger partial charge in [-0.05, 0) is 0 Å². The number of carboxylic acids is 2. The van der Waals surface area contributed by atoms with Gasteiger partial charge in [-0.1, -0.05) is 0 Å². The molecule has 0 fully saturated rings. The van der Waals surface area contributed by atoms with E-state index in [0.717, 1.165) is 0 Å². The normalized spacial score (nSPS) is 11.3. The Balaban J connectivity index is 0. The van der Waals surface area contributed by atoms with Gasteiger partial charge in [0.05, 0.1) is 6.42 Å². The maximum Gasteiger partial charge on any atom is 0.333 e. The quantitative estimate of drug-likeness (QED) is 0.434. The summed E-state index contributed by atoms with van der Waals surface area (Å²) in [7, 11) is 0. The third-order valence-electron chi connectivity index (χ3n) is 0.653. The standard InChI is InChI=1S/C4H6O5.Na/c5-2(4(8)9)1-3(6)7;/h2,5H,1H2,(H,6,7)(H,8,9);. The largest absolute Gasteiger partial charge is 0.481 e. The third kappa shape index (κ3) is 6.03. The van der Waals surface area contributed by atoms with Gasteiger partial charge in [0.2, 0.25) is 0 Å². The van der Waals surface area contributed by atoms with Crippen LogP contribution in [-0.2, 0) is 9.59 Å². The summed E-state index contributed by atoms with van der Waals surface area (Å²) >= 11 is 0. The molecule has 0 saturated heterocycles. The zero-order valence-corrected chi connectivity index (χ0v) is 7.44. The van der Waals surface area contributed by atoms with Crippen molar-refractivity contribution in [3.05, 3.63) is 0 Å². The number of carboxylic acid groups (broad SMARTS) is 2. The zero-order valence-electron chi connectivity index (χ0n) is 5.44. The van der Waals surface area contributed by atoms with Crippen LogP contribution in [0.15, 0.2) is 0 Å². The summed E-state index contributed by atoms with van der Waals surface area (Å²) in [6.07, 6.45) is -2.54. The number of rotatable bonds is 3. The summed E-state index contributed by atoms with van der Waals surface area (Å²) in [5, 5.41) is 24.1. The van der Waals surface area contributed by atoms with Gasteiger partial charge in [0.15, 0.2) is 6.10 Å². The topological polar surface area (TPSA) is 94.8 Å². The second kappa shape index (κ2) is 5.67. The average Bonchev–Trinajstić information content (AvgIpc) is 1.63. The van der Waals surface area contributed by atoms with E-state index in [1.165, 1.54) is 0 Å². The molecule has 1 radical (unpaired) electrons. The molecular formula is C4H6NaO5. The molecule has 0 aliphatic carbocycles. The van der Waals surface area contributed by atoms with Crippen molar-refractivity contribution in [2.45, 2.75) is 12.5 Å².